The molecule has 3 nitrogen and oxygen atoms in total. The second-order valence-electron chi connectivity index (χ2n) is 4.72. The highest BCUT2D eigenvalue weighted by Gasteiger charge is 2.25. The third-order valence-corrected chi connectivity index (χ3v) is 2.68. The highest BCUT2D eigenvalue weighted by molar-refractivity contribution is 5.79. The van der Waals surface area contributed by atoms with Crippen LogP contribution in [0.5, 0.6) is 11.5 Å². The van der Waals surface area contributed by atoms with Gasteiger partial charge in [-0.25, -0.2) is 4.39 Å². The van der Waals surface area contributed by atoms with E-state index in [-0.39, 0.29) is 12.2 Å². The lowest BCUT2D eigenvalue weighted by Crippen LogP contribution is -2.13. The van der Waals surface area contributed by atoms with Crippen molar-refractivity contribution in [1.82, 2.24) is 0 Å². The van der Waals surface area contributed by atoms with Crippen molar-refractivity contribution < 1.29 is 18.7 Å². The van der Waals surface area contributed by atoms with Crippen LogP contribution in [-0.4, -0.2) is 20.0 Å². The molecular formula is C14H19FO3. The molecule has 1 aromatic carbocycles. The zero-order valence-corrected chi connectivity index (χ0v) is 11.5. The fourth-order valence-electron chi connectivity index (χ4n) is 1.84. The number of ether oxygens (including phenoxy) is 2. The molecular weight excluding hydrogens is 235 g/mol. The SMILES string of the molecule is COc1cc(OC)c(C(C)(C)F)cc1CC(C)=O. The van der Waals surface area contributed by atoms with Gasteiger partial charge in [-0.1, -0.05) is 0 Å². The summed E-state index contributed by atoms with van der Waals surface area (Å²) in [5.41, 5.74) is -0.447. The van der Waals surface area contributed by atoms with Crippen LogP contribution in [0.25, 0.3) is 0 Å². The molecule has 0 saturated carbocycles. The number of carbonyl (C=O) groups excluding carboxylic acids is 1. The van der Waals surface area contributed by atoms with E-state index in [1.807, 2.05) is 0 Å². The molecule has 1 rings (SSSR count). The van der Waals surface area contributed by atoms with Crippen LogP contribution in [0.15, 0.2) is 12.1 Å². The number of carbonyl (C=O) groups is 1. The molecule has 18 heavy (non-hydrogen) atoms. The molecule has 0 radical (unpaired) electrons. The molecule has 0 fully saturated rings. The Morgan fingerprint density at radius 1 is 1.22 bits per heavy atom. The molecule has 0 aliphatic rings. The molecule has 0 N–H and O–H groups in total. The zero-order valence-electron chi connectivity index (χ0n) is 11.5. The van der Waals surface area contributed by atoms with Gasteiger partial charge < -0.3 is 9.47 Å². The Labute approximate surface area is 107 Å². The minimum atomic E-state index is -1.54. The van der Waals surface area contributed by atoms with Gasteiger partial charge in [0.1, 0.15) is 23.0 Å². The van der Waals surface area contributed by atoms with Gasteiger partial charge in [-0.3, -0.25) is 4.79 Å². The van der Waals surface area contributed by atoms with Crippen molar-refractivity contribution in [2.75, 3.05) is 14.2 Å². The number of hydrogen-bond acceptors (Lipinski definition) is 3. The number of hydrogen-bond donors (Lipinski definition) is 0. The number of benzene rings is 1. The molecule has 0 unspecified atom stereocenters. The molecule has 0 heterocycles. The Kier molecular flexibility index (Phi) is 4.33. The highest BCUT2D eigenvalue weighted by atomic mass is 19.1. The van der Waals surface area contributed by atoms with Crippen LogP contribution in [0.4, 0.5) is 4.39 Å². The van der Waals surface area contributed by atoms with Crippen LogP contribution in [0.3, 0.4) is 0 Å². The van der Waals surface area contributed by atoms with Gasteiger partial charge in [-0.05, 0) is 26.8 Å². The Morgan fingerprint density at radius 3 is 2.17 bits per heavy atom. The number of alkyl halides is 1. The summed E-state index contributed by atoms with van der Waals surface area (Å²) < 4.78 is 24.5. The van der Waals surface area contributed by atoms with E-state index in [1.165, 1.54) is 35.0 Å². The minimum absolute atomic E-state index is 0.00100. The average molecular weight is 254 g/mol. The maximum atomic E-state index is 14.1. The summed E-state index contributed by atoms with van der Waals surface area (Å²) in [5, 5.41) is 0. The van der Waals surface area contributed by atoms with Crippen molar-refractivity contribution in [3.8, 4) is 11.5 Å². The first-order valence-corrected chi connectivity index (χ1v) is 5.73. The monoisotopic (exact) mass is 254 g/mol. The fourth-order valence-corrected chi connectivity index (χ4v) is 1.84. The Balaban J connectivity index is 3.38. The normalized spacial score (nSPS) is 11.2. The maximum Gasteiger partial charge on any atom is 0.134 e. The van der Waals surface area contributed by atoms with Gasteiger partial charge in [0, 0.05) is 23.6 Å². The maximum absolute atomic E-state index is 14.1. The van der Waals surface area contributed by atoms with Crippen LogP contribution < -0.4 is 9.47 Å². The first kappa shape index (κ1) is 14.5. The smallest absolute Gasteiger partial charge is 0.134 e. The Morgan fingerprint density at radius 2 is 1.78 bits per heavy atom. The van der Waals surface area contributed by atoms with E-state index in [4.69, 9.17) is 9.47 Å². The molecule has 1 aromatic rings. The third-order valence-electron chi connectivity index (χ3n) is 2.68. The van der Waals surface area contributed by atoms with Crippen molar-refractivity contribution >= 4 is 5.78 Å². The number of rotatable bonds is 5. The summed E-state index contributed by atoms with van der Waals surface area (Å²) >= 11 is 0. The molecule has 0 bridgehead atoms. The van der Waals surface area contributed by atoms with E-state index in [1.54, 1.807) is 12.1 Å². The molecule has 0 saturated heterocycles. The molecule has 0 aromatic heterocycles. The largest absolute Gasteiger partial charge is 0.496 e. The molecule has 0 aliphatic heterocycles. The second kappa shape index (κ2) is 5.38. The number of halogens is 1. The van der Waals surface area contributed by atoms with E-state index in [0.717, 1.165) is 0 Å². The van der Waals surface area contributed by atoms with E-state index in [9.17, 15) is 9.18 Å². The molecule has 0 aliphatic carbocycles. The lowest BCUT2D eigenvalue weighted by atomic mass is 9.94. The van der Waals surface area contributed by atoms with Crippen LogP contribution in [0, 0.1) is 0 Å². The standard InChI is InChI=1S/C14H19FO3/c1-9(16)6-10-7-11(14(2,3)15)13(18-5)8-12(10)17-4/h7-8H,6H2,1-5H3. The molecule has 4 heteroatoms. The van der Waals surface area contributed by atoms with E-state index >= 15 is 0 Å². The summed E-state index contributed by atoms with van der Waals surface area (Å²) in [4.78, 5) is 11.2. The van der Waals surface area contributed by atoms with Gasteiger partial charge >= 0.3 is 0 Å². The van der Waals surface area contributed by atoms with E-state index in [0.29, 0.717) is 22.6 Å². The summed E-state index contributed by atoms with van der Waals surface area (Å²) in [6.45, 7) is 4.40. The Hall–Kier alpha value is -1.58. The first-order chi connectivity index (χ1) is 8.29. The molecule has 0 spiro atoms. The molecule has 0 amide bonds. The van der Waals surface area contributed by atoms with E-state index < -0.39 is 5.67 Å². The fraction of sp³-hybridized carbons (Fsp3) is 0.500. The van der Waals surface area contributed by atoms with E-state index in [2.05, 4.69) is 0 Å². The molecule has 0 atom stereocenters. The van der Waals surface area contributed by atoms with Gasteiger partial charge in [-0.2, -0.15) is 0 Å². The highest BCUT2D eigenvalue weighted by Crippen LogP contribution is 2.37. The first-order valence-electron chi connectivity index (χ1n) is 5.73. The third kappa shape index (κ3) is 3.22. The quantitative estimate of drug-likeness (QED) is 0.810. The topological polar surface area (TPSA) is 35.5 Å². The Bertz CT molecular complexity index is 447. The second-order valence-corrected chi connectivity index (χ2v) is 4.72. The summed E-state index contributed by atoms with van der Waals surface area (Å²) in [5.74, 6) is 0.961. The van der Waals surface area contributed by atoms with Gasteiger partial charge in [0.05, 0.1) is 14.2 Å². The van der Waals surface area contributed by atoms with Crippen molar-refractivity contribution in [2.45, 2.75) is 32.9 Å². The van der Waals surface area contributed by atoms with Gasteiger partial charge in [0.2, 0.25) is 0 Å². The predicted octanol–water partition coefficient (Wildman–Crippen LogP) is 3.04. The summed E-state index contributed by atoms with van der Waals surface area (Å²) in [6.07, 6.45) is 0.218. The summed E-state index contributed by atoms with van der Waals surface area (Å²) in [6, 6.07) is 3.26. The zero-order chi connectivity index (χ0) is 13.9. The van der Waals surface area contributed by atoms with Gasteiger partial charge in [0.25, 0.3) is 0 Å². The van der Waals surface area contributed by atoms with Crippen molar-refractivity contribution in [3.63, 3.8) is 0 Å². The number of Topliss-reactive ketones (excluding diaryl/α,β-unsaturated/α-hetero) is 1. The average Bonchev–Trinajstić information content (AvgIpc) is 2.26. The van der Waals surface area contributed by atoms with Crippen LogP contribution in [-0.2, 0) is 16.9 Å². The lowest BCUT2D eigenvalue weighted by Gasteiger charge is -2.21. The van der Waals surface area contributed by atoms with Gasteiger partial charge in [0.15, 0.2) is 0 Å². The number of ketones is 1. The predicted molar refractivity (Wildman–Crippen MR) is 68.1 cm³/mol. The van der Waals surface area contributed by atoms with Gasteiger partial charge in [-0.15, -0.1) is 0 Å². The van der Waals surface area contributed by atoms with Crippen molar-refractivity contribution in [3.05, 3.63) is 23.3 Å². The van der Waals surface area contributed by atoms with Crippen molar-refractivity contribution in [2.24, 2.45) is 0 Å². The van der Waals surface area contributed by atoms with Crippen LogP contribution >= 0.6 is 0 Å². The van der Waals surface area contributed by atoms with Crippen LogP contribution in [0.2, 0.25) is 0 Å². The molecule has 100 valence electrons. The minimum Gasteiger partial charge on any atom is -0.496 e. The summed E-state index contributed by atoms with van der Waals surface area (Å²) in [7, 11) is 2.99. The van der Waals surface area contributed by atoms with Crippen LogP contribution in [0.1, 0.15) is 31.9 Å². The van der Waals surface area contributed by atoms with Crippen molar-refractivity contribution in [1.29, 1.82) is 0 Å². The number of methoxy groups -OCH3 is 2. The lowest BCUT2D eigenvalue weighted by molar-refractivity contribution is -0.116.